The highest BCUT2D eigenvalue weighted by molar-refractivity contribution is 4.77. The van der Waals surface area contributed by atoms with Crippen LogP contribution in [-0.4, -0.2) is 23.8 Å². The van der Waals surface area contributed by atoms with Gasteiger partial charge in [-0.05, 0) is 25.8 Å². The third kappa shape index (κ3) is 3.15. The van der Waals surface area contributed by atoms with Crippen LogP contribution in [0.5, 0.6) is 0 Å². The Morgan fingerprint density at radius 2 is 2.00 bits per heavy atom. The van der Waals surface area contributed by atoms with E-state index < -0.39 is 5.60 Å². The van der Waals surface area contributed by atoms with Crippen molar-refractivity contribution in [2.75, 3.05) is 13.1 Å². The normalized spacial score (nSPS) is 16.8. The first-order valence-electron chi connectivity index (χ1n) is 3.81. The van der Waals surface area contributed by atoms with Crippen molar-refractivity contribution in [1.29, 1.82) is 0 Å². The Morgan fingerprint density at radius 1 is 1.40 bits per heavy atom. The molecule has 10 heavy (non-hydrogen) atoms. The largest absolute Gasteiger partial charge is 0.389 e. The molecule has 3 heteroatoms. The highest BCUT2D eigenvalue weighted by Gasteiger charge is 2.20. The van der Waals surface area contributed by atoms with Gasteiger partial charge in [-0.15, -0.1) is 0 Å². The first-order valence-corrected chi connectivity index (χ1v) is 3.81. The van der Waals surface area contributed by atoms with E-state index in [1.807, 2.05) is 6.92 Å². The quantitative estimate of drug-likeness (QED) is 0.504. The van der Waals surface area contributed by atoms with Gasteiger partial charge in [0, 0.05) is 6.54 Å². The summed E-state index contributed by atoms with van der Waals surface area (Å²) in [5, 5.41) is 9.58. The van der Waals surface area contributed by atoms with E-state index in [4.69, 9.17) is 11.5 Å². The molecule has 0 aliphatic heterocycles. The van der Waals surface area contributed by atoms with Crippen LogP contribution in [0.15, 0.2) is 0 Å². The zero-order valence-corrected chi connectivity index (χ0v) is 6.64. The van der Waals surface area contributed by atoms with E-state index in [0.29, 0.717) is 19.5 Å². The predicted octanol–water partition coefficient (Wildman–Crippen LogP) is -0.175. The van der Waals surface area contributed by atoms with E-state index >= 15 is 0 Å². The van der Waals surface area contributed by atoms with Gasteiger partial charge in [-0.2, -0.15) is 0 Å². The van der Waals surface area contributed by atoms with Gasteiger partial charge in [0.2, 0.25) is 0 Å². The lowest BCUT2D eigenvalue weighted by Gasteiger charge is -2.24. The molecular weight excluding hydrogens is 128 g/mol. The second kappa shape index (κ2) is 4.66. The molecule has 0 radical (unpaired) electrons. The lowest BCUT2D eigenvalue weighted by molar-refractivity contribution is 0.0351. The van der Waals surface area contributed by atoms with Crippen molar-refractivity contribution in [1.82, 2.24) is 0 Å². The molecule has 1 unspecified atom stereocenters. The molecule has 0 spiro atoms. The first-order chi connectivity index (χ1) is 4.68. The van der Waals surface area contributed by atoms with E-state index in [9.17, 15) is 5.11 Å². The molecule has 0 saturated heterocycles. The van der Waals surface area contributed by atoms with Crippen LogP contribution in [-0.2, 0) is 0 Å². The molecule has 0 aromatic rings. The van der Waals surface area contributed by atoms with E-state index in [-0.39, 0.29) is 0 Å². The van der Waals surface area contributed by atoms with Crippen molar-refractivity contribution in [3.63, 3.8) is 0 Å². The molecule has 0 heterocycles. The fourth-order valence-electron chi connectivity index (χ4n) is 0.854. The molecule has 3 nitrogen and oxygen atoms in total. The van der Waals surface area contributed by atoms with Crippen molar-refractivity contribution < 1.29 is 5.11 Å². The Balaban J connectivity index is 3.58. The summed E-state index contributed by atoms with van der Waals surface area (Å²) >= 11 is 0. The smallest absolute Gasteiger partial charge is 0.0767 e. The lowest BCUT2D eigenvalue weighted by Crippen LogP contribution is -2.37. The molecule has 0 bridgehead atoms. The summed E-state index contributed by atoms with van der Waals surface area (Å²) in [5.41, 5.74) is 9.99. The second-order valence-corrected chi connectivity index (χ2v) is 2.67. The van der Waals surface area contributed by atoms with Crippen molar-refractivity contribution in [3.05, 3.63) is 0 Å². The maximum atomic E-state index is 9.58. The second-order valence-electron chi connectivity index (χ2n) is 2.67. The summed E-state index contributed by atoms with van der Waals surface area (Å²) in [6, 6.07) is 0. The van der Waals surface area contributed by atoms with Crippen molar-refractivity contribution in [2.45, 2.75) is 31.8 Å². The van der Waals surface area contributed by atoms with Gasteiger partial charge >= 0.3 is 0 Å². The average molecular weight is 146 g/mol. The Morgan fingerprint density at radius 3 is 2.30 bits per heavy atom. The Hall–Kier alpha value is -0.120. The predicted molar refractivity (Wildman–Crippen MR) is 42.6 cm³/mol. The molecule has 0 saturated carbocycles. The molecule has 62 valence electrons. The van der Waals surface area contributed by atoms with Gasteiger partial charge in [-0.3, -0.25) is 0 Å². The monoisotopic (exact) mass is 146 g/mol. The maximum absolute atomic E-state index is 9.58. The topological polar surface area (TPSA) is 72.3 Å². The van der Waals surface area contributed by atoms with Crippen molar-refractivity contribution in [3.8, 4) is 0 Å². The van der Waals surface area contributed by atoms with Crippen molar-refractivity contribution in [2.24, 2.45) is 11.5 Å². The number of nitrogens with two attached hydrogens (primary N) is 2. The summed E-state index contributed by atoms with van der Waals surface area (Å²) < 4.78 is 0. The number of hydrogen-bond donors (Lipinski definition) is 3. The molecule has 0 fully saturated rings. The minimum absolute atomic E-state index is 0.337. The van der Waals surface area contributed by atoms with Crippen LogP contribution >= 0.6 is 0 Å². The minimum Gasteiger partial charge on any atom is -0.389 e. The van der Waals surface area contributed by atoms with Crippen LogP contribution in [0.4, 0.5) is 0 Å². The SMILES string of the molecule is CCC(O)(CN)CCCN. The van der Waals surface area contributed by atoms with Crippen LogP contribution in [0, 0.1) is 0 Å². The standard InChI is InChI=1S/C7H18N2O/c1-2-7(10,6-9)4-3-5-8/h10H,2-6,8-9H2,1H3. The van der Waals surface area contributed by atoms with E-state index in [0.717, 1.165) is 12.8 Å². The zero-order valence-electron chi connectivity index (χ0n) is 6.64. The number of rotatable bonds is 5. The Kier molecular flexibility index (Phi) is 4.60. The molecule has 0 aliphatic rings. The zero-order chi connectivity index (χ0) is 8.04. The van der Waals surface area contributed by atoms with E-state index in [1.165, 1.54) is 0 Å². The number of aliphatic hydroxyl groups is 1. The van der Waals surface area contributed by atoms with Gasteiger partial charge in [0.1, 0.15) is 0 Å². The Labute approximate surface area is 62.4 Å². The fraction of sp³-hybridized carbons (Fsp3) is 1.00. The summed E-state index contributed by atoms with van der Waals surface area (Å²) in [4.78, 5) is 0. The van der Waals surface area contributed by atoms with Crippen LogP contribution in [0.25, 0.3) is 0 Å². The summed E-state index contributed by atoms with van der Waals surface area (Å²) in [6.07, 6.45) is 2.28. The summed E-state index contributed by atoms with van der Waals surface area (Å²) in [7, 11) is 0. The molecular formula is C7H18N2O. The molecule has 5 N–H and O–H groups in total. The van der Waals surface area contributed by atoms with E-state index in [1.54, 1.807) is 0 Å². The summed E-state index contributed by atoms with van der Waals surface area (Å²) in [5.74, 6) is 0. The third-order valence-electron chi connectivity index (χ3n) is 1.88. The van der Waals surface area contributed by atoms with Crippen LogP contribution < -0.4 is 11.5 Å². The highest BCUT2D eigenvalue weighted by atomic mass is 16.3. The van der Waals surface area contributed by atoms with Gasteiger partial charge in [-0.25, -0.2) is 0 Å². The van der Waals surface area contributed by atoms with Crippen LogP contribution in [0.3, 0.4) is 0 Å². The summed E-state index contributed by atoms with van der Waals surface area (Å²) in [6.45, 7) is 2.90. The maximum Gasteiger partial charge on any atom is 0.0767 e. The van der Waals surface area contributed by atoms with Crippen molar-refractivity contribution >= 4 is 0 Å². The molecule has 0 aliphatic carbocycles. The molecule has 1 atom stereocenters. The fourth-order valence-corrected chi connectivity index (χ4v) is 0.854. The Bertz CT molecular complexity index is 81.7. The molecule has 0 aromatic heterocycles. The van der Waals surface area contributed by atoms with Crippen LogP contribution in [0.1, 0.15) is 26.2 Å². The van der Waals surface area contributed by atoms with Crippen LogP contribution in [0.2, 0.25) is 0 Å². The molecule has 0 aromatic carbocycles. The first kappa shape index (κ1) is 9.88. The van der Waals surface area contributed by atoms with Gasteiger partial charge in [-0.1, -0.05) is 6.92 Å². The molecule has 0 rings (SSSR count). The lowest BCUT2D eigenvalue weighted by atomic mass is 9.95. The average Bonchev–Trinajstić information content (AvgIpc) is 2.00. The van der Waals surface area contributed by atoms with Gasteiger partial charge < -0.3 is 16.6 Å². The number of hydrogen-bond acceptors (Lipinski definition) is 3. The highest BCUT2D eigenvalue weighted by Crippen LogP contribution is 2.14. The van der Waals surface area contributed by atoms with Gasteiger partial charge in [0.05, 0.1) is 5.60 Å². The molecule has 0 amide bonds. The van der Waals surface area contributed by atoms with Gasteiger partial charge in [0.25, 0.3) is 0 Å². The van der Waals surface area contributed by atoms with E-state index in [2.05, 4.69) is 0 Å². The van der Waals surface area contributed by atoms with Gasteiger partial charge in [0.15, 0.2) is 0 Å². The third-order valence-corrected chi connectivity index (χ3v) is 1.88. The minimum atomic E-state index is -0.667.